The zero-order valence-corrected chi connectivity index (χ0v) is 13.9. The molecule has 0 spiro atoms. The van der Waals surface area contributed by atoms with Gasteiger partial charge in [-0.1, -0.05) is 13.8 Å². The Balaban J connectivity index is 3.14. The standard InChI is InChI=1S/C10H24N2O5P2/c1-5-12(6-2)18(16-9-10-17-18)11-19(13,14-7-3)15-8-4/h5-10H2,1-4H3. The molecule has 1 fully saturated rings. The van der Waals surface area contributed by atoms with E-state index in [4.69, 9.17) is 18.1 Å². The summed E-state index contributed by atoms with van der Waals surface area (Å²) in [7, 11) is -6.22. The molecule has 7 nitrogen and oxygen atoms in total. The lowest BCUT2D eigenvalue weighted by Crippen LogP contribution is -2.20. The molecule has 1 saturated heterocycles. The molecule has 0 aromatic rings. The monoisotopic (exact) mass is 314 g/mol. The molecule has 114 valence electrons. The molecule has 0 radical (unpaired) electrons. The van der Waals surface area contributed by atoms with E-state index in [1.54, 1.807) is 13.8 Å². The normalized spacial score (nSPS) is 19.0. The minimum absolute atomic E-state index is 0.263. The maximum Gasteiger partial charge on any atom is 0.457 e. The number of hydrogen-bond donors (Lipinski definition) is 0. The van der Waals surface area contributed by atoms with Gasteiger partial charge in [-0.2, -0.15) is 0 Å². The van der Waals surface area contributed by atoms with Gasteiger partial charge in [0.05, 0.1) is 26.4 Å². The lowest BCUT2D eigenvalue weighted by atomic mass is 10.7. The van der Waals surface area contributed by atoms with E-state index in [0.717, 1.165) is 0 Å². The van der Waals surface area contributed by atoms with Crippen LogP contribution in [0.15, 0.2) is 4.52 Å². The van der Waals surface area contributed by atoms with Crippen LogP contribution in [-0.2, 0) is 22.7 Å². The molecule has 9 heteroatoms. The van der Waals surface area contributed by atoms with Crippen molar-refractivity contribution < 1.29 is 22.7 Å². The number of hydrogen-bond acceptors (Lipinski definition) is 5. The third kappa shape index (κ3) is 4.36. The quantitative estimate of drug-likeness (QED) is 0.639. The number of rotatable bonds is 8. The SMILES string of the molecule is CCOP(=O)(N=P1(N(CC)CC)OCCO1)OCC. The molecule has 0 unspecified atom stereocenters. The molecule has 1 rings (SSSR count). The zero-order valence-electron chi connectivity index (χ0n) is 12.1. The van der Waals surface area contributed by atoms with Crippen LogP contribution in [-0.4, -0.2) is 44.2 Å². The topological polar surface area (TPSA) is 69.6 Å². The van der Waals surface area contributed by atoms with Gasteiger partial charge in [-0.15, -0.1) is 4.52 Å². The van der Waals surface area contributed by atoms with E-state index < -0.39 is 15.4 Å². The van der Waals surface area contributed by atoms with Gasteiger partial charge < -0.3 is 9.05 Å². The van der Waals surface area contributed by atoms with Crippen molar-refractivity contribution in [1.82, 2.24) is 4.67 Å². The Labute approximate surface area is 115 Å². The third-order valence-electron chi connectivity index (χ3n) is 2.50. The second-order valence-electron chi connectivity index (χ2n) is 3.69. The van der Waals surface area contributed by atoms with Crippen LogP contribution in [0.25, 0.3) is 0 Å². The molecule has 1 aliphatic rings. The first-order valence-electron chi connectivity index (χ1n) is 6.63. The molecule has 0 amide bonds. The van der Waals surface area contributed by atoms with E-state index in [1.165, 1.54) is 0 Å². The zero-order chi connectivity index (χ0) is 14.4. The van der Waals surface area contributed by atoms with Crippen molar-refractivity contribution in [2.24, 2.45) is 4.52 Å². The maximum absolute atomic E-state index is 12.5. The second kappa shape index (κ2) is 7.89. The van der Waals surface area contributed by atoms with Gasteiger partial charge in [0.2, 0.25) is 0 Å². The highest BCUT2D eigenvalue weighted by molar-refractivity contribution is 7.65. The molecule has 19 heavy (non-hydrogen) atoms. The van der Waals surface area contributed by atoms with Crippen molar-refractivity contribution in [3.63, 3.8) is 0 Å². The van der Waals surface area contributed by atoms with Crippen LogP contribution >= 0.6 is 15.4 Å². The molecule has 0 aromatic carbocycles. The molecular formula is C10H24N2O5P2. The predicted octanol–water partition coefficient (Wildman–Crippen LogP) is 3.50. The molecule has 1 aliphatic heterocycles. The molecule has 0 atom stereocenters. The highest BCUT2D eigenvalue weighted by atomic mass is 31.2. The van der Waals surface area contributed by atoms with Gasteiger partial charge in [0.1, 0.15) is 0 Å². The summed E-state index contributed by atoms with van der Waals surface area (Å²) in [5.41, 5.74) is 0. The van der Waals surface area contributed by atoms with Gasteiger partial charge in [0, 0.05) is 13.1 Å². The Kier molecular flexibility index (Phi) is 7.19. The van der Waals surface area contributed by atoms with E-state index in [0.29, 0.717) is 26.3 Å². The average molecular weight is 314 g/mol. The first-order chi connectivity index (χ1) is 9.05. The minimum atomic E-state index is -3.53. The van der Waals surface area contributed by atoms with Crippen LogP contribution in [0.3, 0.4) is 0 Å². The summed E-state index contributed by atoms with van der Waals surface area (Å²) < 4.78 is 40.5. The number of nitrogens with zero attached hydrogens (tertiary/aromatic N) is 2. The van der Waals surface area contributed by atoms with Crippen LogP contribution in [0.2, 0.25) is 0 Å². The first kappa shape index (κ1) is 17.3. The van der Waals surface area contributed by atoms with Crippen LogP contribution in [0, 0.1) is 0 Å². The Morgan fingerprint density at radius 3 is 1.95 bits per heavy atom. The molecular weight excluding hydrogens is 290 g/mol. The van der Waals surface area contributed by atoms with E-state index in [9.17, 15) is 4.57 Å². The Hall–Kier alpha value is 0.260. The van der Waals surface area contributed by atoms with Crippen LogP contribution < -0.4 is 0 Å². The van der Waals surface area contributed by atoms with Crippen molar-refractivity contribution in [3.8, 4) is 0 Å². The summed E-state index contributed by atoms with van der Waals surface area (Å²) in [5.74, 6) is 0. The molecule has 0 bridgehead atoms. The highest BCUT2D eigenvalue weighted by Gasteiger charge is 2.39. The Morgan fingerprint density at radius 2 is 1.58 bits per heavy atom. The largest absolute Gasteiger partial charge is 0.457 e. The smallest absolute Gasteiger partial charge is 0.309 e. The highest BCUT2D eigenvalue weighted by Crippen LogP contribution is 2.67. The van der Waals surface area contributed by atoms with Crippen molar-refractivity contribution in [2.45, 2.75) is 27.7 Å². The van der Waals surface area contributed by atoms with Crippen molar-refractivity contribution in [2.75, 3.05) is 39.5 Å². The average Bonchev–Trinajstić information content (AvgIpc) is 2.80. The van der Waals surface area contributed by atoms with Gasteiger partial charge in [-0.05, 0) is 13.8 Å². The fourth-order valence-electron chi connectivity index (χ4n) is 1.76. The van der Waals surface area contributed by atoms with E-state index in [2.05, 4.69) is 4.52 Å². The summed E-state index contributed by atoms with van der Waals surface area (Å²) in [6.45, 7) is 10.3. The van der Waals surface area contributed by atoms with Crippen molar-refractivity contribution in [3.05, 3.63) is 0 Å². The minimum Gasteiger partial charge on any atom is -0.309 e. The lowest BCUT2D eigenvalue weighted by molar-refractivity contribution is 0.219. The fourth-order valence-corrected chi connectivity index (χ4v) is 6.61. The van der Waals surface area contributed by atoms with Gasteiger partial charge in [-0.25, -0.2) is 9.24 Å². The van der Waals surface area contributed by atoms with E-state index in [1.807, 2.05) is 18.5 Å². The van der Waals surface area contributed by atoms with Crippen LogP contribution in [0.5, 0.6) is 0 Å². The summed E-state index contributed by atoms with van der Waals surface area (Å²) in [5, 5.41) is 0. The molecule has 0 aliphatic carbocycles. The Bertz CT molecular complexity index is 353. The Morgan fingerprint density at radius 1 is 1.11 bits per heavy atom. The summed E-state index contributed by atoms with van der Waals surface area (Å²) in [6.07, 6.45) is 0. The van der Waals surface area contributed by atoms with Crippen molar-refractivity contribution in [1.29, 1.82) is 0 Å². The molecule has 0 aromatic heterocycles. The summed E-state index contributed by atoms with van der Waals surface area (Å²) in [4.78, 5) is 0. The molecule has 0 saturated carbocycles. The predicted molar refractivity (Wildman–Crippen MR) is 75.0 cm³/mol. The van der Waals surface area contributed by atoms with Crippen molar-refractivity contribution >= 4 is 15.4 Å². The lowest BCUT2D eigenvalue weighted by Gasteiger charge is -2.29. The van der Waals surface area contributed by atoms with Crippen LogP contribution in [0.1, 0.15) is 27.7 Å². The van der Waals surface area contributed by atoms with Crippen LogP contribution in [0.4, 0.5) is 0 Å². The molecule has 1 heterocycles. The molecule has 0 N–H and O–H groups in total. The first-order valence-corrected chi connectivity index (χ1v) is 9.65. The van der Waals surface area contributed by atoms with Gasteiger partial charge >= 0.3 is 7.75 Å². The summed E-state index contributed by atoms with van der Waals surface area (Å²) in [6, 6.07) is 0. The summed E-state index contributed by atoms with van der Waals surface area (Å²) >= 11 is 0. The van der Waals surface area contributed by atoms with Gasteiger partial charge in [0.25, 0.3) is 7.66 Å². The van der Waals surface area contributed by atoms with Gasteiger partial charge in [0.15, 0.2) is 0 Å². The maximum atomic E-state index is 12.5. The third-order valence-corrected chi connectivity index (χ3v) is 7.76. The van der Waals surface area contributed by atoms with E-state index >= 15 is 0 Å². The van der Waals surface area contributed by atoms with Gasteiger partial charge in [-0.3, -0.25) is 9.05 Å². The van der Waals surface area contributed by atoms with E-state index in [-0.39, 0.29) is 13.2 Å². The second-order valence-corrected chi connectivity index (χ2v) is 7.92. The fraction of sp³-hybridized carbons (Fsp3) is 1.00.